The second-order valence-electron chi connectivity index (χ2n) is 5.54. The third-order valence-corrected chi connectivity index (χ3v) is 5.34. The Morgan fingerprint density at radius 1 is 1.28 bits per heavy atom. The molecular weight excluding hydrogens is 343 g/mol. The van der Waals surface area contributed by atoms with Crippen LogP contribution < -0.4 is 5.32 Å². The van der Waals surface area contributed by atoms with E-state index in [1.54, 1.807) is 32.2 Å². The molecule has 0 unspecified atom stereocenters. The number of hydrogen-bond donors (Lipinski definition) is 1. The first-order valence-corrected chi connectivity index (χ1v) is 9.02. The number of aryl methyl sites for hydroxylation is 1. The first kappa shape index (κ1) is 17.2. The van der Waals surface area contributed by atoms with Crippen LogP contribution in [-0.4, -0.2) is 29.4 Å². The maximum Gasteiger partial charge on any atom is 0.269 e. The molecule has 0 saturated carbocycles. The minimum absolute atomic E-state index is 0.0309. The zero-order chi connectivity index (χ0) is 18.0. The van der Waals surface area contributed by atoms with Crippen LogP contribution in [0.5, 0.6) is 0 Å². The van der Waals surface area contributed by atoms with Crippen molar-refractivity contribution in [1.82, 2.24) is 19.3 Å². The molecule has 0 fully saturated rings. The van der Waals surface area contributed by atoms with Crippen molar-refractivity contribution >= 4 is 10.0 Å². The number of rotatable bonds is 5. The monoisotopic (exact) mass is 360 g/mol. The van der Waals surface area contributed by atoms with E-state index in [1.807, 2.05) is 0 Å². The molecule has 0 atom stereocenters. The predicted molar refractivity (Wildman–Crippen MR) is 91.9 cm³/mol. The number of aromatic nitrogens is 3. The van der Waals surface area contributed by atoms with Crippen molar-refractivity contribution in [3.63, 3.8) is 0 Å². The van der Waals surface area contributed by atoms with Gasteiger partial charge in [-0.1, -0.05) is 0 Å². The molecule has 0 spiro atoms. The molecule has 0 aliphatic heterocycles. The van der Waals surface area contributed by atoms with Gasteiger partial charge in [0.05, 0.1) is 11.3 Å². The largest absolute Gasteiger partial charge is 0.316 e. The van der Waals surface area contributed by atoms with Crippen molar-refractivity contribution in [3.8, 4) is 11.3 Å². The fourth-order valence-electron chi connectivity index (χ4n) is 2.52. The summed E-state index contributed by atoms with van der Waals surface area (Å²) in [5.74, 6) is -0.711. The molecular formula is C17H17FN4O2S. The number of pyridine rings is 2. The van der Waals surface area contributed by atoms with Crippen LogP contribution in [0.1, 0.15) is 11.3 Å². The molecule has 6 nitrogen and oxygen atoms in total. The van der Waals surface area contributed by atoms with Gasteiger partial charge < -0.3 is 5.32 Å². The van der Waals surface area contributed by atoms with Crippen molar-refractivity contribution < 1.29 is 12.8 Å². The summed E-state index contributed by atoms with van der Waals surface area (Å²) in [6.07, 6.45) is 4.24. The number of nitrogens with zero attached hydrogens (tertiary/aromatic N) is 3. The van der Waals surface area contributed by atoms with Gasteiger partial charge in [-0.05, 0) is 49.9 Å². The third-order valence-electron chi connectivity index (χ3n) is 3.68. The SMILES string of the molecule is CNCc1cc(-c2ccc(C)nc2F)n(S(=O)(=O)c2cccnc2)c1. The van der Waals surface area contributed by atoms with E-state index in [4.69, 9.17) is 0 Å². The highest BCUT2D eigenvalue weighted by atomic mass is 32.2. The normalized spacial score (nSPS) is 11.6. The van der Waals surface area contributed by atoms with Crippen molar-refractivity contribution in [2.24, 2.45) is 0 Å². The second kappa shape index (κ2) is 6.73. The molecule has 3 heterocycles. The van der Waals surface area contributed by atoms with Gasteiger partial charge in [0.25, 0.3) is 10.0 Å². The Morgan fingerprint density at radius 2 is 2.08 bits per heavy atom. The lowest BCUT2D eigenvalue weighted by atomic mass is 10.2. The Morgan fingerprint density at radius 3 is 2.72 bits per heavy atom. The van der Waals surface area contributed by atoms with Crippen molar-refractivity contribution in [2.75, 3.05) is 7.05 Å². The van der Waals surface area contributed by atoms with Gasteiger partial charge in [-0.2, -0.15) is 4.39 Å². The Labute approximate surface area is 145 Å². The Balaban J connectivity index is 2.23. The van der Waals surface area contributed by atoms with Crippen molar-refractivity contribution in [2.45, 2.75) is 18.4 Å². The summed E-state index contributed by atoms with van der Waals surface area (Å²) in [6, 6.07) is 7.81. The molecule has 3 rings (SSSR count). The summed E-state index contributed by atoms with van der Waals surface area (Å²) < 4.78 is 41.4. The summed E-state index contributed by atoms with van der Waals surface area (Å²) in [7, 11) is -2.16. The van der Waals surface area contributed by atoms with E-state index >= 15 is 0 Å². The van der Waals surface area contributed by atoms with E-state index in [9.17, 15) is 12.8 Å². The molecule has 0 bridgehead atoms. The van der Waals surface area contributed by atoms with E-state index < -0.39 is 16.0 Å². The van der Waals surface area contributed by atoms with E-state index in [1.165, 1.54) is 30.7 Å². The zero-order valence-electron chi connectivity index (χ0n) is 13.8. The molecule has 0 aliphatic rings. The summed E-state index contributed by atoms with van der Waals surface area (Å²) in [5.41, 5.74) is 1.58. The van der Waals surface area contributed by atoms with Gasteiger partial charge in [-0.3, -0.25) is 4.98 Å². The van der Waals surface area contributed by atoms with Gasteiger partial charge >= 0.3 is 0 Å². The van der Waals surface area contributed by atoms with Crippen molar-refractivity contribution in [1.29, 1.82) is 0 Å². The number of nitrogens with one attached hydrogen (secondary N) is 1. The molecule has 3 aromatic heterocycles. The van der Waals surface area contributed by atoms with Gasteiger partial charge in [-0.25, -0.2) is 17.4 Å². The van der Waals surface area contributed by atoms with Gasteiger partial charge in [0.15, 0.2) is 0 Å². The quantitative estimate of drug-likeness (QED) is 0.707. The summed E-state index contributed by atoms with van der Waals surface area (Å²) in [6.45, 7) is 2.12. The van der Waals surface area contributed by atoms with Crippen molar-refractivity contribution in [3.05, 3.63) is 66.1 Å². The predicted octanol–water partition coefficient (Wildman–Crippen LogP) is 2.35. The molecule has 25 heavy (non-hydrogen) atoms. The van der Waals surface area contributed by atoms with Gasteiger partial charge in [0.1, 0.15) is 4.90 Å². The minimum atomic E-state index is -3.91. The lowest BCUT2D eigenvalue weighted by molar-refractivity contribution is 0.580. The highest BCUT2D eigenvalue weighted by Gasteiger charge is 2.23. The first-order valence-electron chi connectivity index (χ1n) is 7.58. The molecule has 0 amide bonds. The minimum Gasteiger partial charge on any atom is -0.316 e. The topological polar surface area (TPSA) is 76.9 Å². The first-order chi connectivity index (χ1) is 11.9. The Bertz CT molecular complexity index is 1000. The summed E-state index contributed by atoms with van der Waals surface area (Å²) in [4.78, 5) is 7.69. The molecule has 8 heteroatoms. The maximum absolute atomic E-state index is 14.4. The molecule has 0 radical (unpaired) electrons. The van der Waals surface area contributed by atoms with Gasteiger partial charge in [-0.15, -0.1) is 0 Å². The lowest BCUT2D eigenvalue weighted by Gasteiger charge is -2.11. The molecule has 0 saturated heterocycles. The number of hydrogen-bond acceptors (Lipinski definition) is 5. The molecule has 3 aromatic rings. The third kappa shape index (κ3) is 3.31. The van der Waals surface area contributed by atoms with Crippen LogP contribution in [-0.2, 0) is 16.6 Å². The van der Waals surface area contributed by atoms with Gasteiger partial charge in [0.2, 0.25) is 5.95 Å². The van der Waals surface area contributed by atoms with Crippen LogP contribution in [0.15, 0.2) is 53.8 Å². The van der Waals surface area contributed by atoms with Crippen LogP contribution in [0, 0.1) is 12.9 Å². The fourth-order valence-corrected chi connectivity index (χ4v) is 3.88. The highest BCUT2D eigenvalue weighted by Crippen LogP contribution is 2.28. The Kier molecular flexibility index (Phi) is 4.65. The molecule has 1 N–H and O–H groups in total. The standard InChI is InChI=1S/C17H17FN4O2S/c1-12-5-6-15(17(18)21-12)16-8-13(9-19-2)11-22(16)25(23,24)14-4-3-7-20-10-14/h3-8,10-11,19H,9H2,1-2H3. The van der Waals surface area contributed by atoms with Crippen LogP contribution in [0.25, 0.3) is 11.3 Å². The lowest BCUT2D eigenvalue weighted by Crippen LogP contribution is -2.14. The van der Waals surface area contributed by atoms with Crippen LogP contribution in [0.2, 0.25) is 0 Å². The number of halogens is 1. The fraction of sp³-hybridized carbons (Fsp3) is 0.176. The molecule has 0 aromatic carbocycles. The van der Waals surface area contributed by atoms with Crippen LogP contribution >= 0.6 is 0 Å². The smallest absolute Gasteiger partial charge is 0.269 e. The van der Waals surface area contributed by atoms with Gasteiger partial charge in [0, 0.05) is 30.8 Å². The summed E-state index contributed by atoms with van der Waals surface area (Å²) >= 11 is 0. The molecule has 0 aliphatic carbocycles. The van der Waals surface area contributed by atoms with E-state index in [0.29, 0.717) is 17.8 Å². The van der Waals surface area contributed by atoms with E-state index in [2.05, 4.69) is 15.3 Å². The summed E-state index contributed by atoms with van der Waals surface area (Å²) in [5, 5.41) is 2.96. The van der Waals surface area contributed by atoms with E-state index in [-0.39, 0.29) is 16.2 Å². The average Bonchev–Trinajstić information content (AvgIpc) is 3.00. The highest BCUT2D eigenvalue weighted by molar-refractivity contribution is 7.90. The van der Waals surface area contributed by atoms with E-state index in [0.717, 1.165) is 3.97 Å². The zero-order valence-corrected chi connectivity index (χ0v) is 14.6. The van der Waals surface area contributed by atoms with Crippen LogP contribution in [0.4, 0.5) is 4.39 Å². The van der Waals surface area contributed by atoms with Crippen LogP contribution in [0.3, 0.4) is 0 Å². The average molecular weight is 360 g/mol. The maximum atomic E-state index is 14.4. The second-order valence-corrected chi connectivity index (χ2v) is 7.36. The Hall–Kier alpha value is -2.58. The molecule has 130 valence electrons.